The first-order chi connectivity index (χ1) is 12.8. The van der Waals surface area contributed by atoms with Crippen molar-refractivity contribution in [1.29, 1.82) is 0 Å². The SMILES string of the molecule is NC1=NN(CCCO)C2CC(c3cc(F)ccc3OCC(F)(F)F)=CC=C12. The molecule has 0 amide bonds. The fraction of sp³-hybridized carbons (Fsp3) is 0.389. The number of halogens is 4. The van der Waals surface area contributed by atoms with Gasteiger partial charge in [0.05, 0.1) is 6.04 Å². The highest BCUT2D eigenvalue weighted by Crippen LogP contribution is 2.37. The van der Waals surface area contributed by atoms with E-state index in [1.54, 1.807) is 17.2 Å². The van der Waals surface area contributed by atoms with Crippen molar-refractivity contribution in [3.05, 3.63) is 47.3 Å². The molecule has 9 heteroatoms. The number of hydrazone groups is 1. The molecule has 1 aromatic rings. The Morgan fingerprint density at radius 1 is 1.30 bits per heavy atom. The van der Waals surface area contributed by atoms with Gasteiger partial charge in [0.15, 0.2) is 6.61 Å². The predicted molar refractivity (Wildman–Crippen MR) is 92.4 cm³/mol. The number of allylic oxidation sites excluding steroid dienone is 2. The van der Waals surface area contributed by atoms with Crippen molar-refractivity contribution in [1.82, 2.24) is 5.01 Å². The van der Waals surface area contributed by atoms with E-state index in [4.69, 9.17) is 15.6 Å². The Kier molecular flexibility index (Phi) is 5.41. The van der Waals surface area contributed by atoms with E-state index in [9.17, 15) is 17.6 Å². The van der Waals surface area contributed by atoms with Gasteiger partial charge < -0.3 is 15.6 Å². The van der Waals surface area contributed by atoms with Crippen LogP contribution in [-0.2, 0) is 0 Å². The summed E-state index contributed by atoms with van der Waals surface area (Å²) >= 11 is 0. The molecule has 1 aliphatic heterocycles. The topological polar surface area (TPSA) is 71.1 Å². The maximum Gasteiger partial charge on any atom is 0.422 e. The number of aliphatic hydroxyl groups is 1. The minimum atomic E-state index is -4.49. The molecule has 0 aromatic heterocycles. The summed E-state index contributed by atoms with van der Waals surface area (Å²) in [5.74, 6) is -0.244. The first-order valence-corrected chi connectivity index (χ1v) is 8.40. The summed E-state index contributed by atoms with van der Waals surface area (Å²) in [6, 6.07) is 3.20. The maximum absolute atomic E-state index is 13.7. The van der Waals surface area contributed by atoms with Gasteiger partial charge in [0.2, 0.25) is 0 Å². The maximum atomic E-state index is 13.7. The number of fused-ring (bicyclic) bond motifs is 1. The van der Waals surface area contributed by atoms with Gasteiger partial charge in [-0.1, -0.05) is 12.2 Å². The number of amidine groups is 1. The third-order valence-electron chi connectivity index (χ3n) is 4.35. The Balaban J connectivity index is 1.87. The molecule has 0 bridgehead atoms. The number of aliphatic hydroxyl groups excluding tert-OH is 1. The summed E-state index contributed by atoms with van der Waals surface area (Å²) in [5.41, 5.74) is 7.61. The average molecular weight is 385 g/mol. The lowest BCUT2D eigenvalue weighted by molar-refractivity contribution is -0.153. The Labute approximate surface area is 153 Å². The Morgan fingerprint density at radius 2 is 2.07 bits per heavy atom. The van der Waals surface area contributed by atoms with E-state index in [1.807, 2.05) is 0 Å². The van der Waals surface area contributed by atoms with Gasteiger partial charge in [-0.15, -0.1) is 0 Å². The first kappa shape index (κ1) is 19.2. The quantitative estimate of drug-likeness (QED) is 0.739. The zero-order valence-electron chi connectivity index (χ0n) is 14.3. The highest BCUT2D eigenvalue weighted by atomic mass is 19.4. The van der Waals surface area contributed by atoms with E-state index in [0.717, 1.165) is 17.7 Å². The number of nitrogens with zero attached hydrogens (tertiary/aromatic N) is 2. The molecule has 3 rings (SSSR count). The molecule has 1 heterocycles. The number of ether oxygens (including phenoxy) is 1. The summed E-state index contributed by atoms with van der Waals surface area (Å²) in [5, 5.41) is 15.0. The number of hydrogen-bond acceptors (Lipinski definition) is 5. The van der Waals surface area contributed by atoms with Crippen LogP contribution in [-0.4, -0.2) is 47.9 Å². The molecular formula is C18H19F4N3O2. The molecule has 0 spiro atoms. The molecule has 1 aliphatic carbocycles. The number of alkyl halides is 3. The molecule has 146 valence electrons. The second-order valence-electron chi connectivity index (χ2n) is 6.30. The Hall–Kier alpha value is -2.55. The van der Waals surface area contributed by atoms with Crippen molar-refractivity contribution in [2.24, 2.45) is 10.8 Å². The molecule has 3 N–H and O–H groups in total. The second-order valence-corrected chi connectivity index (χ2v) is 6.30. The van der Waals surface area contributed by atoms with Crippen molar-refractivity contribution in [2.45, 2.75) is 25.1 Å². The molecular weight excluding hydrogens is 366 g/mol. The summed E-state index contributed by atoms with van der Waals surface area (Å²) in [6.07, 6.45) is -0.181. The second kappa shape index (κ2) is 7.59. The summed E-state index contributed by atoms with van der Waals surface area (Å²) in [4.78, 5) is 0. The van der Waals surface area contributed by atoms with Crippen molar-refractivity contribution >= 4 is 11.4 Å². The molecule has 1 aromatic carbocycles. The summed E-state index contributed by atoms with van der Waals surface area (Å²) in [7, 11) is 0. The molecule has 27 heavy (non-hydrogen) atoms. The summed E-state index contributed by atoms with van der Waals surface area (Å²) < 4.78 is 56.1. The number of nitrogens with two attached hydrogens (primary N) is 1. The van der Waals surface area contributed by atoms with Gasteiger partial charge >= 0.3 is 6.18 Å². The number of hydrogen-bond donors (Lipinski definition) is 2. The van der Waals surface area contributed by atoms with Crippen LogP contribution >= 0.6 is 0 Å². The lowest BCUT2D eigenvalue weighted by atomic mass is 9.88. The molecule has 0 fully saturated rings. The van der Waals surface area contributed by atoms with Crippen LogP contribution in [0.2, 0.25) is 0 Å². The Bertz CT molecular complexity index is 802. The van der Waals surface area contributed by atoms with Crippen LogP contribution in [0.15, 0.2) is 41.0 Å². The van der Waals surface area contributed by atoms with Crippen molar-refractivity contribution in [2.75, 3.05) is 19.8 Å². The van der Waals surface area contributed by atoms with Gasteiger partial charge in [0.25, 0.3) is 0 Å². The van der Waals surface area contributed by atoms with Gasteiger partial charge in [0.1, 0.15) is 17.4 Å². The monoisotopic (exact) mass is 385 g/mol. The molecule has 0 saturated carbocycles. The van der Waals surface area contributed by atoms with Gasteiger partial charge in [-0.2, -0.15) is 18.3 Å². The predicted octanol–water partition coefficient (Wildman–Crippen LogP) is 2.82. The molecule has 0 saturated heterocycles. The van der Waals surface area contributed by atoms with Crippen LogP contribution in [0, 0.1) is 5.82 Å². The van der Waals surface area contributed by atoms with Crippen LogP contribution in [0.1, 0.15) is 18.4 Å². The number of rotatable bonds is 6. The van der Waals surface area contributed by atoms with Crippen LogP contribution in [0.3, 0.4) is 0 Å². The lowest BCUT2D eigenvalue weighted by Gasteiger charge is -2.28. The largest absolute Gasteiger partial charge is 0.483 e. The molecule has 1 atom stereocenters. The van der Waals surface area contributed by atoms with Crippen LogP contribution in [0.4, 0.5) is 17.6 Å². The van der Waals surface area contributed by atoms with Crippen LogP contribution < -0.4 is 10.5 Å². The average Bonchev–Trinajstić information content (AvgIpc) is 2.93. The van der Waals surface area contributed by atoms with Gasteiger partial charge in [-0.3, -0.25) is 5.01 Å². The molecule has 0 radical (unpaired) electrons. The van der Waals surface area contributed by atoms with E-state index >= 15 is 0 Å². The van der Waals surface area contributed by atoms with Gasteiger partial charge in [-0.25, -0.2) is 4.39 Å². The minimum absolute atomic E-state index is 0.000282. The zero-order valence-corrected chi connectivity index (χ0v) is 14.3. The van der Waals surface area contributed by atoms with Crippen LogP contribution in [0.25, 0.3) is 5.57 Å². The highest BCUT2D eigenvalue weighted by Gasteiger charge is 2.34. The van der Waals surface area contributed by atoms with Gasteiger partial charge in [0, 0.05) is 24.3 Å². The van der Waals surface area contributed by atoms with Crippen molar-refractivity contribution < 1.29 is 27.4 Å². The number of benzene rings is 1. The summed E-state index contributed by atoms with van der Waals surface area (Å²) in [6.45, 7) is -0.977. The normalized spacial score (nSPS) is 19.4. The third kappa shape index (κ3) is 4.41. The minimum Gasteiger partial charge on any atom is -0.483 e. The Morgan fingerprint density at radius 3 is 2.78 bits per heavy atom. The van der Waals surface area contributed by atoms with Crippen LogP contribution in [0.5, 0.6) is 5.75 Å². The highest BCUT2D eigenvalue weighted by molar-refractivity contribution is 6.01. The van der Waals surface area contributed by atoms with E-state index < -0.39 is 18.6 Å². The molecule has 1 unspecified atom stereocenters. The van der Waals surface area contributed by atoms with E-state index in [0.29, 0.717) is 30.8 Å². The van der Waals surface area contributed by atoms with E-state index in [2.05, 4.69) is 5.10 Å². The smallest absolute Gasteiger partial charge is 0.422 e. The van der Waals surface area contributed by atoms with Gasteiger partial charge in [-0.05, 0) is 36.6 Å². The fourth-order valence-corrected chi connectivity index (χ4v) is 3.15. The standard InChI is InChI=1S/C18H19F4N3O2/c19-12-3-5-16(27-10-18(20,21)22)14(9-12)11-2-4-13-15(8-11)25(6-1-7-26)24-17(13)23/h2-5,9,15,26H,1,6-8,10H2,(H2,23,24). The lowest BCUT2D eigenvalue weighted by Crippen LogP contribution is -2.31. The van der Waals surface area contributed by atoms with Crippen molar-refractivity contribution in [3.63, 3.8) is 0 Å². The molecule has 5 nitrogen and oxygen atoms in total. The first-order valence-electron chi connectivity index (χ1n) is 8.40. The van der Waals surface area contributed by atoms with E-state index in [-0.39, 0.29) is 24.0 Å². The fourth-order valence-electron chi connectivity index (χ4n) is 3.15. The molecule has 2 aliphatic rings. The third-order valence-corrected chi connectivity index (χ3v) is 4.35. The van der Waals surface area contributed by atoms with E-state index in [1.165, 1.54) is 6.07 Å². The van der Waals surface area contributed by atoms with Crippen molar-refractivity contribution in [3.8, 4) is 5.75 Å². The zero-order chi connectivity index (χ0) is 19.6.